The van der Waals surface area contributed by atoms with Gasteiger partial charge in [0, 0.05) is 12.4 Å². The van der Waals surface area contributed by atoms with Gasteiger partial charge < -0.3 is 0 Å². The number of aromatic nitrogens is 2. The summed E-state index contributed by atoms with van der Waals surface area (Å²) in [6.45, 7) is 0. The Balaban J connectivity index is 2.14. The Morgan fingerprint density at radius 2 is 1.89 bits per heavy atom. The zero-order chi connectivity index (χ0) is 13.9. The maximum atomic E-state index is 12.1. The van der Waals surface area contributed by atoms with Crippen LogP contribution in [0.1, 0.15) is 5.56 Å². The molecule has 2 aromatic rings. The molecule has 0 aliphatic rings. The van der Waals surface area contributed by atoms with Crippen LogP contribution in [0.3, 0.4) is 0 Å². The van der Waals surface area contributed by atoms with Crippen LogP contribution in [0.25, 0.3) is 0 Å². The van der Waals surface area contributed by atoms with E-state index in [0.717, 1.165) is 5.56 Å². The first-order chi connectivity index (χ1) is 8.99. The van der Waals surface area contributed by atoms with Crippen LogP contribution in [0.2, 0.25) is 10.2 Å². The van der Waals surface area contributed by atoms with Gasteiger partial charge in [0.2, 0.25) is 0 Å². The zero-order valence-corrected chi connectivity index (χ0v) is 12.1. The Labute approximate surface area is 121 Å². The molecule has 0 unspecified atom stereocenters. The summed E-state index contributed by atoms with van der Waals surface area (Å²) in [6, 6.07) is 6.46. The van der Waals surface area contributed by atoms with Gasteiger partial charge >= 0.3 is 0 Å². The van der Waals surface area contributed by atoms with E-state index in [2.05, 4.69) is 9.97 Å². The molecule has 2 heterocycles. The molecule has 7 heteroatoms. The van der Waals surface area contributed by atoms with Crippen LogP contribution in [-0.2, 0) is 16.3 Å². The summed E-state index contributed by atoms with van der Waals surface area (Å²) in [4.78, 5) is 7.72. The molecule has 100 valence electrons. The first-order valence-electron chi connectivity index (χ1n) is 5.43. The molecule has 0 aliphatic carbocycles. The highest BCUT2D eigenvalue weighted by Gasteiger charge is 2.19. The molecule has 0 saturated heterocycles. The molecule has 2 rings (SSSR count). The predicted molar refractivity (Wildman–Crippen MR) is 74.3 cm³/mol. The lowest BCUT2D eigenvalue weighted by atomic mass is 10.2. The van der Waals surface area contributed by atoms with Gasteiger partial charge in [-0.15, -0.1) is 0 Å². The van der Waals surface area contributed by atoms with Crippen molar-refractivity contribution < 1.29 is 8.42 Å². The van der Waals surface area contributed by atoms with Gasteiger partial charge in [0.15, 0.2) is 14.9 Å². The smallest absolute Gasteiger partial charge is 0.197 e. The largest absolute Gasteiger partial charge is 0.244 e. The summed E-state index contributed by atoms with van der Waals surface area (Å²) in [7, 11) is -3.50. The molecule has 0 radical (unpaired) electrons. The number of halogens is 2. The van der Waals surface area contributed by atoms with E-state index in [9.17, 15) is 8.42 Å². The minimum Gasteiger partial charge on any atom is -0.244 e. The molecule has 0 atom stereocenters. The highest BCUT2D eigenvalue weighted by Crippen LogP contribution is 2.19. The number of pyridine rings is 2. The van der Waals surface area contributed by atoms with Crippen molar-refractivity contribution in [3.05, 3.63) is 52.4 Å². The van der Waals surface area contributed by atoms with Gasteiger partial charge in [0.25, 0.3) is 0 Å². The number of aryl methyl sites for hydroxylation is 1. The van der Waals surface area contributed by atoms with E-state index in [1.54, 1.807) is 24.4 Å². The van der Waals surface area contributed by atoms with Crippen LogP contribution >= 0.6 is 23.2 Å². The summed E-state index contributed by atoms with van der Waals surface area (Å²) in [5.41, 5.74) is 0.792. The lowest BCUT2D eigenvalue weighted by molar-refractivity contribution is 0.591. The van der Waals surface area contributed by atoms with Gasteiger partial charge in [0.1, 0.15) is 5.15 Å². The second-order valence-corrected chi connectivity index (χ2v) is 6.67. The second kappa shape index (κ2) is 5.86. The van der Waals surface area contributed by atoms with Crippen molar-refractivity contribution in [3.63, 3.8) is 0 Å². The van der Waals surface area contributed by atoms with Gasteiger partial charge in [-0.3, -0.25) is 0 Å². The van der Waals surface area contributed by atoms with Crippen molar-refractivity contribution in [2.24, 2.45) is 0 Å². The van der Waals surface area contributed by atoms with Crippen LogP contribution in [0, 0.1) is 0 Å². The molecule has 0 bridgehead atoms. The van der Waals surface area contributed by atoms with Gasteiger partial charge in [-0.1, -0.05) is 29.3 Å². The highest BCUT2D eigenvalue weighted by molar-refractivity contribution is 7.91. The molecule has 0 aromatic carbocycles. The topological polar surface area (TPSA) is 59.9 Å². The first-order valence-corrected chi connectivity index (χ1v) is 7.83. The Morgan fingerprint density at radius 3 is 2.53 bits per heavy atom. The molecule has 19 heavy (non-hydrogen) atoms. The maximum Gasteiger partial charge on any atom is 0.197 e. The summed E-state index contributed by atoms with van der Waals surface area (Å²) in [6.07, 6.45) is 3.29. The number of nitrogens with zero attached hydrogens (tertiary/aromatic N) is 2. The van der Waals surface area contributed by atoms with Crippen molar-refractivity contribution >= 4 is 33.0 Å². The van der Waals surface area contributed by atoms with Crippen LogP contribution in [0.5, 0.6) is 0 Å². The third-order valence-corrected chi connectivity index (χ3v) is 4.76. The van der Waals surface area contributed by atoms with Crippen LogP contribution in [0.4, 0.5) is 0 Å². The Morgan fingerprint density at radius 1 is 1.11 bits per heavy atom. The number of sulfone groups is 1. The standard InChI is InChI=1S/C12H10Cl2N2O2S/c13-10-2-1-6-15-12(10)19(17,18)7-5-9-3-4-11(14)16-8-9/h1-4,6,8H,5,7H2. The van der Waals surface area contributed by atoms with Gasteiger partial charge in [-0.2, -0.15) is 0 Å². The number of hydrogen-bond donors (Lipinski definition) is 0. The number of rotatable bonds is 4. The molecular weight excluding hydrogens is 307 g/mol. The molecule has 0 N–H and O–H groups in total. The second-order valence-electron chi connectivity index (χ2n) is 3.85. The summed E-state index contributed by atoms with van der Waals surface area (Å²) in [5.74, 6) is -0.0763. The van der Waals surface area contributed by atoms with Crippen LogP contribution in [0.15, 0.2) is 41.7 Å². The van der Waals surface area contributed by atoms with Crippen molar-refractivity contribution in [1.82, 2.24) is 9.97 Å². The van der Waals surface area contributed by atoms with E-state index in [1.165, 1.54) is 12.3 Å². The van der Waals surface area contributed by atoms with Crippen LogP contribution in [-0.4, -0.2) is 24.1 Å². The Kier molecular flexibility index (Phi) is 4.39. The molecule has 0 aliphatic heterocycles. The molecule has 0 fully saturated rings. The fourth-order valence-corrected chi connectivity index (χ4v) is 3.37. The van der Waals surface area contributed by atoms with E-state index in [-0.39, 0.29) is 15.8 Å². The third kappa shape index (κ3) is 3.65. The highest BCUT2D eigenvalue weighted by atomic mass is 35.5. The van der Waals surface area contributed by atoms with Gasteiger partial charge in [0.05, 0.1) is 10.8 Å². The lowest BCUT2D eigenvalue weighted by Gasteiger charge is -2.05. The van der Waals surface area contributed by atoms with E-state index >= 15 is 0 Å². The molecule has 0 saturated carbocycles. The van der Waals surface area contributed by atoms with Crippen molar-refractivity contribution in [2.45, 2.75) is 11.4 Å². The average Bonchev–Trinajstić information content (AvgIpc) is 2.38. The monoisotopic (exact) mass is 316 g/mol. The van der Waals surface area contributed by atoms with E-state index < -0.39 is 9.84 Å². The normalized spacial score (nSPS) is 11.5. The average molecular weight is 317 g/mol. The Hall–Kier alpha value is -1.17. The molecule has 2 aromatic heterocycles. The number of hydrogen-bond acceptors (Lipinski definition) is 4. The Bertz CT molecular complexity index is 672. The summed E-state index contributed by atoms with van der Waals surface area (Å²) < 4.78 is 24.2. The fourth-order valence-electron chi connectivity index (χ4n) is 1.50. The van der Waals surface area contributed by atoms with Crippen molar-refractivity contribution in [1.29, 1.82) is 0 Å². The molecule has 0 spiro atoms. The maximum absolute atomic E-state index is 12.1. The fraction of sp³-hybridized carbons (Fsp3) is 0.167. The zero-order valence-electron chi connectivity index (χ0n) is 9.75. The quantitative estimate of drug-likeness (QED) is 0.814. The van der Waals surface area contributed by atoms with E-state index in [0.29, 0.717) is 11.6 Å². The summed E-state index contributed by atoms with van der Waals surface area (Å²) >= 11 is 11.5. The predicted octanol–water partition coefficient (Wildman–Crippen LogP) is 2.80. The van der Waals surface area contributed by atoms with Crippen LogP contribution < -0.4 is 0 Å². The molecule has 4 nitrogen and oxygen atoms in total. The summed E-state index contributed by atoms with van der Waals surface area (Å²) in [5, 5.41) is 0.426. The first kappa shape index (κ1) is 14.2. The molecular formula is C12H10Cl2N2O2S. The lowest BCUT2D eigenvalue weighted by Crippen LogP contribution is -2.11. The third-order valence-electron chi connectivity index (χ3n) is 2.47. The minimum atomic E-state index is -3.50. The van der Waals surface area contributed by atoms with Crippen molar-refractivity contribution in [2.75, 3.05) is 5.75 Å². The molecule has 0 amide bonds. The SMILES string of the molecule is O=S(=O)(CCc1ccc(Cl)nc1)c1ncccc1Cl. The van der Waals surface area contributed by atoms with E-state index in [4.69, 9.17) is 23.2 Å². The van der Waals surface area contributed by atoms with Crippen molar-refractivity contribution in [3.8, 4) is 0 Å². The van der Waals surface area contributed by atoms with Gasteiger partial charge in [-0.25, -0.2) is 18.4 Å². The van der Waals surface area contributed by atoms with E-state index in [1.807, 2.05) is 0 Å². The minimum absolute atomic E-state index is 0.0763. The van der Waals surface area contributed by atoms with Gasteiger partial charge in [-0.05, 0) is 30.2 Å².